The maximum atomic E-state index is 8.53. The minimum Gasteiger partial charge on any atom is -0.239 e. The maximum Gasteiger partial charge on any atom is 0.0831 e. The van der Waals surface area contributed by atoms with Crippen LogP contribution in [0.5, 0.6) is 0 Å². The standard InChI is InChI=1S/C11H8ClN3/c12-10-3-1-2-4-11(10)15-8-6-9(14-15)5-7-13/h1-4,6,8H,5H2. The molecule has 0 N–H and O–H groups in total. The van der Waals surface area contributed by atoms with Gasteiger partial charge in [0.2, 0.25) is 0 Å². The molecule has 1 aromatic heterocycles. The number of benzene rings is 1. The quantitative estimate of drug-likeness (QED) is 0.776. The summed E-state index contributed by atoms with van der Waals surface area (Å²) in [6.07, 6.45) is 2.12. The molecule has 0 atom stereocenters. The second-order valence-electron chi connectivity index (χ2n) is 3.04. The number of hydrogen-bond acceptors (Lipinski definition) is 2. The lowest BCUT2D eigenvalue weighted by Gasteiger charge is -2.02. The van der Waals surface area contributed by atoms with Crippen molar-refractivity contribution in [2.75, 3.05) is 0 Å². The molecular weight excluding hydrogens is 210 g/mol. The van der Waals surface area contributed by atoms with Crippen molar-refractivity contribution in [2.45, 2.75) is 6.42 Å². The van der Waals surface area contributed by atoms with Gasteiger partial charge in [-0.3, -0.25) is 0 Å². The maximum absolute atomic E-state index is 8.53. The molecule has 0 radical (unpaired) electrons. The number of halogens is 1. The summed E-state index contributed by atoms with van der Waals surface area (Å²) in [5.74, 6) is 0. The number of para-hydroxylation sites is 1. The molecule has 0 fully saturated rings. The Bertz CT molecular complexity index is 511. The third kappa shape index (κ3) is 2.00. The van der Waals surface area contributed by atoms with Crippen LogP contribution in [0.15, 0.2) is 36.5 Å². The number of hydrogen-bond donors (Lipinski definition) is 0. The monoisotopic (exact) mass is 217 g/mol. The van der Waals surface area contributed by atoms with E-state index >= 15 is 0 Å². The molecular formula is C11H8ClN3. The first-order valence-electron chi connectivity index (χ1n) is 4.47. The highest BCUT2D eigenvalue weighted by Crippen LogP contribution is 2.18. The Kier molecular flexibility index (Phi) is 2.70. The van der Waals surface area contributed by atoms with E-state index < -0.39 is 0 Å². The largest absolute Gasteiger partial charge is 0.239 e. The van der Waals surface area contributed by atoms with Gasteiger partial charge in [-0.05, 0) is 18.2 Å². The zero-order valence-corrected chi connectivity index (χ0v) is 8.65. The zero-order chi connectivity index (χ0) is 10.7. The third-order valence-corrected chi connectivity index (χ3v) is 2.32. The summed E-state index contributed by atoms with van der Waals surface area (Å²) in [7, 11) is 0. The molecule has 0 spiro atoms. The summed E-state index contributed by atoms with van der Waals surface area (Å²) < 4.78 is 1.68. The Morgan fingerprint density at radius 1 is 1.33 bits per heavy atom. The molecule has 74 valence electrons. The van der Waals surface area contributed by atoms with Crippen molar-refractivity contribution in [3.8, 4) is 11.8 Å². The molecule has 1 heterocycles. The van der Waals surface area contributed by atoms with Crippen molar-refractivity contribution in [1.29, 1.82) is 5.26 Å². The fraction of sp³-hybridized carbons (Fsp3) is 0.0909. The Morgan fingerprint density at radius 2 is 2.13 bits per heavy atom. The summed E-state index contributed by atoms with van der Waals surface area (Å²) in [4.78, 5) is 0. The fourth-order valence-corrected chi connectivity index (χ4v) is 1.53. The van der Waals surface area contributed by atoms with E-state index in [0.717, 1.165) is 11.4 Å². The van der Waals surface area contributed by atoms with Gasteiger partial charge in [0.25, 0.3) is 0 Å². The normalized spacial score (nSPS) is 9.87. The predicted octanol–water partition coefficient (Wildman–Crippen LogP) is 2.59. The minimum absolute atomic E-state index is 0.317. The van der Waals surface area contributed by atoms with Crippen LogP contribution in [0.4, 0.5) is 0 Å². The topological polar surface area (TPSA) is 41.6 Å². The molecule has 0 unspecified atom stereocenters. The van der Waals surface area contributed by atoms with E-state index in [2.05, 4.69) is 11.2 Å². The lowest BCUT2D eigenvalue weighted by molar-refractivity contribution is 0.853. The third-order valence-electron chi connectivity index (χ3n) is 2.00. The second kappa shape index (κ2) is 4.16. The van der Waals surface area contributed by atoms with Crippen LogP contribution in [-0.4, -0.2) is 9.78 Å². The average molecular weight is 218 g/mol. The van der Waals surface area contributed by atoms with Crippen molar-refractivity contribution in [1.82, 2.24) is 9.78 Å². The molecule has 0 bridgehead atoms. The predicted molar refractivity (Wildman–Crippen MR) is 57.9 cm³/mol. The number of aromatic nitrogens is 2. The van der Waals surface area contributed by atoms with Gasteiger partial charge in [-0.15, -0.1) is 0 Å². The van der Waals surface area contributed by atoms with E-state index in [4.69, 9.17) is 16.9 Å². The molecule has 4 heteroatoms. The molecule has 0 aliphatic rings. The van der Waals surface area contributed by atoms with Gasteiger partial charge in [0.1, 0.15) is 0 Å². The molecule has 0 saturated carbocycles. The minimum atomic E-state index is 0.317. The molecule has 0 saturated heterocycles. The van der Waals surface area contributed by atoms with Crippen LogP contribution < -0.4 is 0 Å². The van der Waals surface area contributed by atoms with Gasteiger partial charge in [-0.1, -0.05) is 23.7 Å². The molecule has 3 nitrogen and oxygen atoms in total. The van der Waals surface area contributed by atoms with Crippen molar-refractivity contribution in [2.24, 2.45) is 0 Å². The average Bonchev–Trinajstić information content (AvgIpc) is 2.68. The van der Waals surface area contributed by atoms with Gasteiger partial charge in [-0.25, -0.2) is 4.68 Å². The van der Waals surface area contributed by atoms with E-state index in [0.29, 0.717) is 11.4 Å². The lowest BCUT2D eigenvalue weighted by atomic mass is 10.3. The van der Waals surface area contributed by atoms with Gasteiger partial charge < -0.3 is 0 Å². The SMILES string of the molecule is N#CCc1ccn(-c2ccccc2Cl)n1. The van der Waals surface area contributed by atoms with E-state index in [1.54, 1.807) is 10.9 Å². The first-order valence-corrected chi connectivity index (χ1v) is 4.85. The zero-order valence-electron chi connectivity index (χ0n) is 7.89. The van der Waals surface area contributed by atoms with Gasteiger partial charge in [0.15, 0.2) is 0 Å². The van der Waals surface area contributed by atoms with Crippen LogP contribution in [0.1, 0.15) is 5.69 Å². The van der Waals surface area contributed by atoms with Gasteiger partial charge in [-0.2, -0.15) is 10.4 Å². The smallest absolute Gasteiger partial charge is 0.0831 e. The molecule has 2 aromatic rings. The summed E-state index contributed by atoms with van der Waals surface area (Å²) >= 11 is 6.02. The van der Waals surface area contributed by atoms with E-state index in [1.165, 1.54) is 0 Å². The van der Waals surface area contributed by atoms with Crippen LogP contribution in [0.25, 0.3) is 5.69 Å². The van der Waals surface area contributed by atoms with E-state index in [-0.39, 0.29) is 0 Å². The van der Waals surface area contributed by atoms with Crippen molar-refractivity contribution >= 4 is 11.6 Å². The van der Waals surface area contributed by atoms with Crippen molar-refractivity contribution in [3.63, 3.8) is 0 Å². The van der Waals surface area contributed by atoms with Crippen LogP contribution in [0, 0.1) is 11.3 Å². The second-order valence-corrected chi connectivity index (χ2v) is 3.45. The highest BCUT2D eigenvalue weighted by atomic mass is 35.5. The number of rotatable bonds is 2. The fourth-order valence-electron chi connectivity index (χ4n) is 1.31. The Balaban J connectivity index is 2.38. The highest BCUT2D eigenvalue weighted by Gasteiger charge is 2.03. The summed E-state index contributed by atoms with van der Waals surface area (Å²) in [6, 6.07) is 11.3. The number of nitriles is 1. The molecule has 0 amide bonds. The summed E-state index contributed by atoms with van der Waals surface area (Å²) in [5, 5.41) is 13.4. The Labute approximate surface area is 92.5 Å². The van der Waals surface area contributed by atoms with Gasteiger partial charge in [0, 0.05) is 6.20 Å². The van der Waals surface area contributed by atoms with Crippen LogP contribution in [0.2, 0.25) is 5.02 Å². The highest BCUT2D eigenvalue weighted by molar-refractivity contribution is 6.32. The Morgan fingerprint density at radius 3 is 2.87 bits per heavy atom. The molecule has 0 aliphatic heterocycles. The number of nitrogens with zero attached hydrogens (tertiary/aromatic N) is 3. The van der Waals surface area contributed by atoms with Gasteiger partial charge >= 0.3 is 0 Å². The van der Waals surface area contributed by atoms with E-state index in [1.807, 2.05) is 30.3 Å². The molecule has 0 aliphatic carbocycles. The van der Waals surface area contributed by atoms with Crippen LogP contribution >= 0.6 is 11.6 Å². The Hall–Kier alpha value is -1.79. The molecule has 2 rings (SSSR count). The summed E-state index contributed by atoms with van der Waals surface area (Å²) in [5.41, 5.74) is 1.57. The van der Waals surface area contributed by atoms with E-state index in [9.17, 15) is 0 Å². The van der Waals surface area contributed by atoms with Crippen LogP contribution in [-0.2, 0) is 6.42 Å². The first kappa shape index (κ1) is 9.75. The van der Waals surface area contributed by atoms with Crippen LogP contribution in [0.3, 0.4) is 0 Å². The molecule has 1 aromatic carbocycles. The summed E-state index contributed by atoms with van der Waals surface area (Å²) in [6.45, 7) is 0. The lowest BCUT2D eigenvalue weighted by Crippen LogP contribution is -1.96. The van der Waals surface area contributed by atoms with Crippen molar-refractivity contribution in [3.05, 3.63) is 47.2 Å². The molecule has 15 heavy (non-hydrogen) atoms. The van der Waals surface area contributed by atoms with Crippen molar-refractivity contribution < 1.29 is 0 Å². The van der Waals surface area contributed by atoms with Gasteiger partial charge in [0.05, 0.1) is 28.9 Å². The first-order chi connectivity index (χ1) is 7.31.